The second-order valence-electron chi connectivity index (χ2n) is 1.25. The lowest BCUT2D eigenvalue weighted by Crippen LogP contribution is -2.05. The first-order valence-electron chi connectivity index (χ1n) is 2.11. The molecule has 0 radical (unpaired) electrons. The Kier molecular flexibility index (Phi) is 3.04. The monoisotopic (exact) mass is 133 g/mol. The first-order chi connectivity index (χ1) is 4.13. The number of rotatable bonds is 3. The maximum atomic E-state index is 9.70. The molecule has 4 N–H and O–H groups in total. The minimum absolute atomic E-state index is 0.499. The number of ether oxygens (including phenoxy) is 1. The van der Waals surface area contributed by atoms with Crippen LogP contribution in [-0.2, 0) is 9.53 Å². The van der Waals surface area contributed by atoms with Crippen LogP contribution in [0.15, 0.2) is 12.1 Å². The molecule has 0 aliphatic carbocycles. The van der Waals surface area contributed by atoms with Gasteiger partial charge in [0.1, 0.15) is 6.26 Å². The van der Waals surface area contributed by atoms with Gasteiger partial charge in [-0.15, -0.1) is 0 Å². The SMILES string of the molecule is N/C(O)=C\OCC(=O)O. The van der Waals surface area contributed by atoms with Gasteiger partial charge in [0.05, 0.1) is 0 Å². The van der Waals surface area contributed by atoms with Crippen molar-refractivity contribution in [3.8, 4) is 0 Å². The van der Waals surface area contributed by atoms with Crippen LogP contribution >= 0.6 is 0 Å². The highest BCUT2D eigenvalue weighted by atomic mass is 16.5. The summed E-state index contributed by atoms with van der Waals surface area (Å²) in [5, 5.41) is 16.1. The van der Waals surface area contributed by atoms with E-state index in [1.807, 2.05) is 0 Å². The standard InChI is InChI=1S/C4H7NO4/c5-3(6)1-9-2-4(7)8/h1,6H,2,5H2,(H,7,8)/b3-1+. The number of carbonyl (C=O) groups is 1. The van der Waals surface area contributed by atoms with Crippen molar-refractivity contribution < 1.29 is 19.7 Å². The zero-order chi connectivity index (χ0) is 7.28. The van der Waals surface area contributed by atoms with Gasteiger partial charge in [0.2, 0.25) is 5.88 Å². The molecule has 0 amide bonds. The van der Waals surface area contributed by atoms with Crippen molar-refractivity contribution in [2.45, 2.75) is 0 Å². The number of aliphatic hydroxyl groups excluding tert-OH is 1. The van der Waals surface area contributed by atoms with Crippen molar-refractivity contribution in [3.05, 3.63) is 12.1 Å². The molecule has 5 heteroatoms. The van der Waals surface area contributed by atoms with Gasteiger partial charge >= 0.3 is 5.97 Å². The minimum Gasteiger partial charge on any atom is -0.493 e. The average molecular weight is 133 g/mol. The fraction of sp³-hybridized carbons (Fsp3) is 0.250. The quantitative estimate of drug-likeness (QED) is 0.447. The Balaban J connectivity index is 3.31. The van der Waals surface area contributed by atoms with Crippen LogP contribution in [0.2, 0.25) is 0 Å². The van der Waals surface area contributed by atoms with E-state index >= 15 is 0 Å². The van der Waals surface area contributed by atoms with Crippen molar-refractivity contribution in [1.82, 2.24) is 0 Å². The van der Waals surface area contributed by atoms with E-state index in [-0.39, 0.29) is 0 Å². The van der Waals surface area contributed by atoms with Gasteiger partial charge in [-0.25, -0.2) is 4.79 Å². The summed E-state index contributed by atoms with van der Waals surface area (Å²) in [5.74, 6) is -1.66. The summed E-state index contributed by atoms with van der Waals surface area (Å²) in [5.41, 5.74) is 4.68. The lowest BCUT2D eigenvalue weighted by Gasteiger charge is -1.93. The van der Waals surface area contributed by atoms with Gasteiger partial charge in [-0.3, -0.25) is 0 Å². The van der Waals surface area contributed by atoms with E-state index in [4.69, 9.17) is 10.2 Å². The van der Waals surface area contributed by atoms with Gasteiger partial charge in [-0.2, -0.15) is 0 Å². The molecule has 0 aromatic carbocycles. The van der Waals surface area contributed by atoms with Crippen LogP contribution in [0.1, 0.15) is 0 Å². The first kappa shape index (κ1) is 7.61. The van der Waals surface area contributed by atoms with E-state index in [9.17, 15) is 4.79 Å². The molecule has 0 aromatic heterocycles. The molecule has 52 valence electrons. The number of carboxylic acid groups (broad SMARTS) is 1. The van der Waals surface area contributed by atoms with E-state index in [2.05, 4.69) is 10.5 Å². The summed E-state index contributed by atoms with van der Waals surface area (Å²) < 4.78 is 4.22. The summed E-state index contributed by atoms with van der Waals surface area (Å²) in [6, 6.07) is 0. The predicted octanol–water partition coefficient (Wildman–Crippen LogP) is -0.597. The molecular formula is C4H7NO4. The van der Waals surface area contributed by atoms with Crippen LogP contribution in [0.4, 0.5) is 0 Å². The zero-order valence-corrected chi connectivity index (χ0v) is 4.57. The molecule has 0 heterocycles. The molecule has 9 heavy (non-hydrogen) atoms. The molecule has 0 atom stereocenters. The molecule has 0 aliphatic rings. The van der Waals surface area contributed by atoms with E-state index in [1.165, 1.54) is 0 Å². The van der Waals surface area contributed by atoms with E-state index in [0.29, 0.717) is 0 Å². The highest BCUT2D eigenvalue weighted by molar-refractivity contribution is 5.68. The largest absolute Gasteiger partial charge is 0.493 e. The van der Waals surface area contributed by atoms with Crippen LogP contribution in [0.3, 0.4) is 0 Å². The Labute approximate surface area is 51.3 Å². The molecule has 0 spiro atoms. The molecule has 0 aromatic rings. The fourth-order valence-electron chi connectivity index (χ4n) is 0.198. The van der Waals surface area contributed by atoms with Crippen molar-refractivity contribution in [2.24, 2.45) is 5.73 Å². The maximum absolute atomic E-state index is 9.70. The number of nitrogens with two attached hydrogens (primary N) is 1. The lowest BCUT2D eigenvalue weighted by atomic mass is 10.7. The third-order valence-electron chi connectivity index (χ3n) is 0.411. The van der Waals surface area contributed by atoms with Gasteiger partial charge in [0.25, 0.3) is 0 Å². The van der Waals surface area contributed by atoms with Crippen LogP contribution in [-0.4, -0.2) is 22.8 Å². The predicted molar refractivity (Wildman–Crippen MR) is 28.5 cm³/mol. The highest BCUT2D eigenvalue weighted by Gasteiger charge is 1.92. The number of carboxylic acids is 1. The Morgan fingerprint density at radius 3 is 2.56 bits per heavy atom. The normalized spacial score (nSPS) is 10.9. The van der Waals surface area contributed by atoms with Crippen molar-refractivity contribution in [2.75, 3.05) is 6.61 Å². The van der Waals surface area contributed by atoms with Gasteiger partial charge in [-0.05, 0) is 0 Å². The number of hydrogen-bond acceptors (Lipinski definition) is 4. The topological polar surface area (TPSA) is 92.8 Å². The van der Waals surface area contributed by atoms with Gasteiger partial charge in [0.15, 0.2) is 6.61 Å². The summed E-state index contributed by atoms with van der Waals surface area (Å²) in [6.07, 6.45) is 0.758. The molecule has 0 aliphatic heterocycles. The molecular weight excluding hydrogens is 126 g/mol. The minimum atomic E-state index is -1.12. The smallest absolute Gasteiger partial charge is 0.341 e. The third kappa shape index (κ3) is 6.61. The van der Waals surface area contributed by atoms with Crippen molar-refractivity contribution >= 4 is 5.97 Å². The molecule has 0 unspecified atom stereocenters. The average Bonchev–Trinajstić information content (AvgIpc) is 1.63. The zero-order valence-electron chi connectivity index (χ0n) is 4.57. The second kappa shape index (κ2) is 3.59. The maximum Gasteiger partial charge on any atom is 0.341 e. The third-order valence-corrected chi connectivity index (χ3v) is 0.411. The van der Waals surface area contributed by atoms with E-state index in [1.54, 1.807) is 0 Å². The molecule has 0 fully saturated rings. The Hall–Kier alpha value is -1.39. The Morgan fingerprint density at radius 2 is 2.22 bits per heavy atom. The molecule has 0 bridgehead atoms. The van der Waals surface area contributed by atoms with Crippen LogP contribution in [0.25, 0.3) is 0 Å². The van der Waals surface area contributed by atoms with Gasteiger partial charge in [0, 0.05) is 0 Å². The van der Waals surface area contributed by atoms with Gasteiger partial charge < -0.3 is 20.7 Å². The molecule has 0 saturated heterocycles. The lowest BCUT2D eigenvalue weighted by molar-refractivity contribution is -0.140. The Morgan fingerprint density at radius 1 is 1.67 bits per heavy atom. The second-order valence-corrected chi connectivity index (χ2v) is 1.25. The highest BCUT2D eigenvalue weighted by Crippen LogP contribution is 1.78. The molecule has 0 rings (SSSR count). The summed E-state index contributed by atoms with van der Waals surface area (Å²) in [4.78, 5) is 9.70. The molecule has 0 saturated carbocycles. The van der Waals surface area contributed by atoms with Crippen molar-refractivity contribution in [3.63, 3.8) is 0 Å². The summed E-state index contributed by atoms with van der Waals surface area (Å²) in [7, 11) is 0. The number of hydrogen-bond donors (Lipinski definition) is 3. The summed E-state index contributed by atoms with van der Waals surface area (Å²) in [6.45, 7) is -0.499. The molecule has 5 nitrogen and oxygen atoms in total. The van der Waals surface area contributed by atoms with Crippen LogP contribution < -0.4 is 5.73 Å². The van der Waals surface area contributed by atoms with Gasteiger partial charge in [-0.1, -0.05) is 0 Å². The fourth-order valence-corrected chi connectivity index (χ4v) is 0.198. The first-order valence-corrected chi connectivity index (χ1v) is 2.11. The van der Waals surface area contributed by atoms with Crippen LogP contribution in [0, 0.1) is 0 Å². The van der Waals surface area contributed by atoms with E-state index < -0.39 is 18.5 Å². The summed E-state index contributed by atoms with van der Waals surface area (Å²) >= 11 is 0. The van der Waals surface area contributed by atoms with E-state index in [0.717, 1.165) is 6.26 Å². The van der Waals surface area contributed by atoms with Crippen LogP contribution in [0.5, 0.6) is 0 Å². The number of aliphatic hydroxyl groups is 1. The number of aliphatic carboxylic acids is 1. The van der Waals surface area contributed by atoms with Crippen molar-refractivity contribution in [1.29, 1.82) is 0 Å². The Bertz CT molecular complexity index is 127.